The zero-order chi connectivity index (χ0) is 20.0. The summed E-state index contributed by atoms with van der Waals surface area (Å²) in [5.74, 6) is -1.08. The normalized spacial score (nSPS) is 15.1. The van der Waals surface area contributed by atoms with Crippen LogP contribution in [0.4, 0.5) is 0 Å². The molecule has 0 unspecified atom stereocenters. The van der Waals surface area contributed by atoms with Crippen molar-refractivity contribution in [2.75, 3.05) is 20.3 Å². The lowest BCUT2D eigenvalue weighted by Crippen LogP contribution is -2.53. The van der Waals surface area contributed by atoms with Crippen molar-refractivity contribution in [3.63, 3.8) is 0 Å². The summed E-state index contributed by atoms with van der Waals surface area (Å²) >= 11 is 0. The van der Waals surface area contributed by atoms with Crippen LogP contribution in [0.2, 0.25) is 0 Å². The van der Waals surface area contributed by atoms with Gasteiger partial charge in [0, 0.05) is 11.8 Å². The van der Waals surface area contributed by atoms with Crippen molar-refractivity contribution in [2.24, 2.45) is 0 Å². The van der Waals surface area contributed by atoms with Crippen molar-refractivity contribution in [3.8, 4) is 0 Å². The standard InChI is InChI=1S/C16H25N2O7P/c1-6-24-26(22,25-7-2)17-14(13-10-8-12(3)9-11-13)16(4,18(20)21)15(19)23-5/h8-11,14H,6-7H2,1-5H3,(H,17,22)/t14-,16-/m0/s1. The number of carbonyl (C=O) groups excluding carboxylic acids is 1. The molecule has 0 aliphatic carbocycles. The molecule has 146 valence electrons. The maximum absolute atomic E-state index is 12.9. The Bertz CT molecular complexity index is 670. The lowest BCUT2D eigenvalue weighted by Gasteiger charge is -2.31. The van der Waals surface area contributed by atoms with E-state index in [4.69, 9.17) is 9.05 Å². The molecule has 1 aromatic carbocycles. The maximum Gasteiger partial charge on any atom is 0.406 e. The van der Waals surface area contributed by atoms with E-state index in [-0.39, 0.29) is 13.2 Å². The third-order valence-corrected chi connectivity index (χ3v) is 5.61. The number of hydrogen-bond acceptors (Lipinski definition) is 7. The van der Waals surface area contributed by atoms with Gasteiger partial charge in [-0.05, 0) is 26.3 Å². The Morgan fingerprint density at radius 3 is 2.15 bits per heavy atom. The zero-order valence-corrected chi connectivity index (χ0v) is 16.4. The first-order valence-electron chi connectivity index (χ1n) is 8.11. The minimum Gasteiger partial charge on any atom is -0.464 e. The Morgan fingerprint density at radius 2 is 1.77 bits per heavy atom. The van der Waals surface area contributed by atoms with E-state index >= 15 is 0 Å². The van der Waals surface area contributed by atoms with Crippen molar-refractivity contribution >= 4 is 13.7 Å². The van der Waals surface area contributed by atoms with Crippen molar-refractivity contribution in [1.82, 2.24) is 5.09 Å². The molecule has 10 heteroatoms. The van der Waals surface area contributed by atoms with Gasteiger partial charge in [-0.15, -0.1) is 0 Å². The Hall–Kier alpha value is -1.80. The average Bonchev–Trinajstić information content (AvgIpc) is 2.59. The number of methoxy groups -OCH3 is 1. The molecule has 0 bridgehead atoms. The predicted octanol–water partition coefficient (Wildman–Crippen LogP) is 3.02. The molecule has 0 aliphatic heterocycles. The van der Waals surface area contributed by atoms with Gasteiger partial charge < -0.3 is 4.74 Å². The number of nitro groups is 1. The van der Waals surface area contributed by atoms with E-state index in [0.717, 1.165) is 19.6 Å². The summed E-state index contributed by atoms with van der Waals surface area (Å²) in [4.78, 5) is 23.3. The van der Waals surface area contributed by atoms with Gasteiger partial charge >= 0.3 is 19.3 Å². The monoisotopic (exact) mass is 388 g/mol. The number of hydrogen-bond donors (Lipinski definition) is 1. The second-order valence-electron chi connectivity index (χ2n) is 5.70. The molecular weight excluding hydrogens is 363 g/mol. The highest BCUT2D eigenvalue weighted by Crippen LogP contribution is 2.48. The summed E-state index contributed by atoms with van der Waals surface area (Å²) in [6.45, 7) is 6.29. The minimum absolute atomic E-state index is 0.0539. The summed E-state index contributed by atoms with van der Waals surface area (Å²) in [6, 6.07) is 5.37. The molecule has 9 nitrogen and oxygen atoms in total. The van der Waals surface area contributed by atoms with E-state index in [1.54, 1.807) is 38.1 Å². The predicted molar refractivity (Wildman–Crippen MR) is 95.3 cm³/mol. The van der Waals surface area contributed by atoms with E-state index in [1.165, 1.54) is 0 Å². The van der Waals surface area contributed by atoms with Gasteiger partial charge in [0.05, 0.1) is 20.3 Å². The summed E-state index contributed by atoms with van der Waals surface area (Å²) in [5, 5.41) is 14.4. The van der Waals surface area contributed by atoms with E-state index in [9.17, 15) is 19.5 Å². The molecule has 0 heterocycles. The van der Waals surface area contributed by atoms with Crippen LogP contribution in [0.25, 0.3) is 0 Å². The number of esters is 1. The lowest BCUT2D eigenvalue weighted by atomic mass is 9.88. The number of carbonyl (C=O) groups is 1. The molecule has 0 aromatic heterocycles. The number of nitrogens with zero attached hydrogens (tertiary/aromatic N) is 1. The number of ether oxygens (including phenoxy) is 1. The SMILES string of the molecule is CCOP(=O)(N[C@@H](c1ccc(C)cc1)[C@@](C)(C(=O)OC)[N+](=O)[O-])OCC. The number of nitrogens with one attached hydrogen (secondary N) is 1. The Balaban J connectivity index is 3.51. The van der Waals surface area contributed by atoms with Crippen molar-refractivity contribution in [2.45, 2.75) is 39.3 Å². The number of aryl methyl sites for hydroxylation is 1. The average molecular weight is 388 g/mol. The molecule has 2 atom stereocenters. The van der Waals surface area contributed by atoms with Gasteiger partial charge in [0.2, 0.25) is 0 Å². The van der Waals surface area contributed by atoms with Crippen LogP contribution in [-0.2, 0) is 23.1 Å². The molecule has 0 saturated carbocycles. The van der Waals surface area contributed by atoms with Crippen molar-refractivity contribution in [3.05, 3.63) is 45.5 Å². The van der Waals surface area contributed by atoms with Crippen LogP contribution in [-0.4, -0.2) is 36.8 Å². The quantitative estimate of drug-likeness (QED) is 0.281. The van der Waals surface area contributed by atoms with Crippen LogP contribution in [0, 0.1) is 17.0 Å². The van der Waals surface area contributed by atoms with Crippen LogP contribution < -0.4 is 5.09 Å². The van der Waals surface area contributed by atoms with Crippen molar-refractivity contribution < 1.29 is 28.1 Å². The first-order valence-corrected chi connectivity index (χ1v) is 9.65. The van der Waals surface area contributed by atoms with Crippen LogP contribution >= 0.6 is 7.75 Å². The molecule has 0 aliphatic rings. The third kappa shape index (κ3) is 4.88. The molecule has 1 rings (SSSR count). The first-order chi connectivity index (χ1) is 12.1. The van der Waals surface area contributed by atoms with Crippen LogP contribution in [0.1, 0.15) is 37.9 Å². The fourth-order valence-corrected chi connectivity index (χ4v) is 4.02. The fourth-order valence-electron chi connectivity index (χ4n) is 2.40. The molecular formula is C16H25N2O7P. The Labute approximate surface area is 152 Å². The molecule has 0 saturated heterocycles. The minimum atomic E-state index is -3.90. The van der Waals surface area contributed by atoms with Crippen LogP contribution in [0.3, 0.4) is 0 Å². The number of benzene rings is 1. The topological polar surface area (TPSA) is 117 Å². The van der Waals surface area contributed by atoms with Gasteiger partial charge in [-0.25, -0.2) is 14.4 Å². The summed E-state index contributed by atoms with van der Waals surface area (Å²) in [5.41, 5.74) is -0.959. The molecule has 1 N–H and O–H groups in total. The summed E-state index contributed by atoms with van der Waals surface area (Å²) in [6.07, 6.45) is 0. The Kier molecular flexibility index (Phi) is 7.89. The second kappa shape index (κ2) is 9.23. The number of rotatable bonds is 10. The summed E-state index contributed by atoms with van der Waals surface area (Å²) < 4.78 is 27.9. The van der Waals surface area contributed by atoms with E-state index in [0.29, 0.717) is 5.56 Å². The highest BCUT2D eigenvalue weighted by molar-refractivity contribution is 7.51. The second-order valence-corrected chi connectivity index (χ2v) is 7.47. The highest BCUT2D eigenvalue weighted by atomic mass is 31.2. The fraction of sp³-hybridized carbons (Fsp3) is 0.562. The molecule has 0 spiro atoms. The molecule has 0 amide bonds. The van der Waals surface area contributed by atoms with Gasteiger partial charge in [0.1, 0.15) is 6.04 Å². The molecule has 1 aromatic rings. The summed E-state index contributed by atoms with van der Waals surface area (Å²) in [7, 11) is -2.84. The van der Waals surface area contributed by atoms with Gasteiger partial charge in [-0.3, -0.25) is 19.2 Å². The zero-order valence-electron chi connectivity index (χ0n) is 15.6. The van der Waals surface area contributed by atoms with Crippen LogP contribution in [0.5, 0.6) is 0 Å². The van der Waals surface area contributed by atoms with Gasteiger partial charge in [0.25, 0.3) is 0 Å². The third-order valence-electron chi connectivity index (χ3n) is 3.84. The van der Waals surface area contributed by atoms with Gasteiger partial charge in [-0.2, -0.15) is 0 Å². The van der Waals surface area contributed by atoms with Gasteiger partial charge in [0.15, 0.2) is 0 Å². The van der Waals surface area contributed by atoms with Crippen molar-refractivity contribution in [1.29, 1.82) is 0 Å². The van der Waals surface area contributed by atoms with E-state index < -0.39 is 30.2 Å². The Morgan fingerprint density at radius 1 is 1.27 bits per heavy atom. The highest BCUT2D eigenvalue weighted by Gasteiger charge is 2.57. The molecule has 0 fully saturated rings. The van der Waals surface area contributed by atoms with E-state index in [1.807, 2.05) is 6.92 Å². The van der Waals surface area contributed by atoms with Crippen LogP contribution in [0.15, 0.2) is 24.3 Å². The van der Waals surface area contributed by atoms with E-state index in [2.05, 4.69) is 9.82 Å². The maximum atomic E-state index is 12.9. The molecule has 0 radical (unpaired) electrons. The molecule has 26 heavy (non-hydrogen) atoms. The first kappa shape index (κ1) is 22.2. The van der Waals surface area contributed by atoms with Gasteiger partial charge in [-0.1, -0.05) is 29.8 Å². The largest absolute Gasteiger partial charge is 0.464 e. The lowest BCUT2D eigenvalue weighted by molar-refractivity contribution is -0.556. The smallest absolute Gasteiger partial charge is 0.406 e.